The maximum Gasteiger partial charge on any atom is 0.270 e. The number of nitrogens with one attached hydrogen (secondary N) is 1. The number of carbonyl (C=O) groups is 2. The van der Waals surface area contributed by atoms with Gasteiger partial charge in [0, 0.05) is 31.4 Å². The lowest BCUT2D eigenvalue weighted by Crippen LogP contribution is -2.48. The molecule has 7 nitrogen and oxygen atoms in total. The Balaban J connectivity index is 1.58. The van der Waals surface area contributed by atoms with Gasteiger partial charge in [-0.05, 0) is 30.2 Å². The average molecular weight is 428 g/mol. The van der Waals surface area contributed by atoms with Crippen LogP contribution in [0.5, 0.6) is 5.75 Å². The van der Waals surface area contributed by atoms with Crippen LogP contribution in [0.3, 0.4) is 0 Å². The normalized spacial score (nSPS) is 20.1. The molecular weight excluding hydrogens is 403 g/mol. The van der Waals surface area contributed by atoms with Gasteiger partial charge in [-0.2, -0.15) is 0 Å². The second-order valence-electron chi connectivity index (χ2n) is 7.82. The molecule has 1 aromatic carbocycles. The molecule has 31 heavy (non-hydrogen) atoms. The SMILES string of the molecule is CCC(=O)c1ccc(Cc2cc(C(=O)N[C@H]3CCOC[C@@H]3O)nc3c2OCC3)cc1F. The summed E-state index contributed by atoms with van der Waals surface area (Å²) in [6, 6.07) is 5.82. The number of fused-ring (bicyclic) bond motifs is 1. The highest BCUT2D eigenvalue weighted by atomic mass is 19.1. The van der Waals surface area contributed by atoms with Crippen LogP contribution in [0.15, 0.2) is 24.3 Å². The van der Waals surface area contributed by atoms with Crippen molar-refractivity contribution in [3.63, 3.8) is 0 Å². The largest absolute Gasteiger partial charge is 0.491 e. The molecule has 4 rings (SSSR count). The molecule has 2 atom stereocenters. The number of aliphatic hydroxyl groups is 1. The summed E-state index contributed by atoms with van der Waals surface area (Å²) in [5, 5.41) is 12.9. The third-order valence-corrected chi connectivity index (χ3v) is 5.63. The smallest absolute Gasteiger partial charge is 0.270 e. The zero-order valence-electron chi connectivity index (χ0n) is 17.3. The van der Waals surface area contributed by atoms with Crippen molar-refractivity contribution in [1.29, 1.82) is 0 Å². The van der Waals surface area contributed by atoms with Gasteiger partial charge in [0.15, 0.2) is 5.78 Å². The van der Waals surface area contributed by atoms with Crippen LogP contribution < -0.4 is 10.1 Å². The molecule has 2 N–H and O–H groups in total. The number of hydrogen-bond donors (Lipinski definition) is 2. The number of benzene rings is 1. The van der Waals surface area contributed by atoms with Gasteiger partial charge in [0.2, 0.25) is 0 Å². The van der Waals surface area contributed by atoms with Gasteiger partial charge in [0.05, 0.1) is 36.6 Å². The van der Waals surface area contributed by atoms with E-state index >= 15 is 0 Å². The van der Waals surface area contributed by atoms with E-state index in [1.54, 1.807) is 19.1 Å². The van der Waals surface area contributed by atoms with Gasteiger partial charge in [-0.25, -0.2) is 9.37 Å². The van der Waals surface area contributed by atoms with Gasteiger partial charge < -0.3 is 19.9 Å². The maximum atomic E-state index is 14.4. The summed E-state index contributed by atoms with van der Waals surface area (Å²) in [5.74, 6) is -0.553. The number of aromatic nitrogens is 1. The number of carbonyl (C=O) groups excluding carboxylic acids is 2. The van der Waals surface area contributed by atoms with Gasteiger partial charge in [-0.3, -0.25) is 9.59 Å². The molecule has 1 saturated heterocycles. The van der Waals surface area contributed by atoms with E-state index < -0.39 is 18.0 Å². The third-order valence-electron chi connectivity index (χ3n) is 5.63. The maximum absolute atomic E-state index is 14.4. The Hall–Kier alpha value is -2.84. The Morgan fingerprint density at radius 3 is 2.87 bits per heavy atom. The number of nitrogens with zero attached hydrogens (tertiary/aromatic N) is 1. The van der Waals surface area contributed by atoms with E-state index in [1.807, 2.05) is 0 Å². The predicted molar refractivity (Wildman–Crippen MR) is 110 cm³/mol. The summed E-state index contributed by atoms with van der Waals surface area (Å²) < 4.78 is 25.3. The van der Waals surface area contributed by atoms with E-state index in [9.17, 15) is 19.1 Å². The van der Waals surface area contributed by atoms with Crippen LogP contribution in [0.25, 0.3) is 0 Å². The van der Waals surface area contributed by atoms with Crippen molar-refractivity contribution in [3.05, 3.63) is 58.2 Å². The van der Waals surface area contributed by atoms with Gasteiger partial charge in [0.25, 0.3) is 5.91 Å². The number of pyridine rings is 1. The van der Waals surface area contributed by atoms with Gasteiger partial charge in [-0.1, -0.05) is 13.0 Å². The minimum atomic E-state index is -0.762. The minimum Gasteiger partial charge on any atom is -0.491 e. The molecule has 1 fully saturated rings. The monoisotopic (exact) mass is 428 g/mol. The molecule has 1 aromatic heterocycles. The van der Waals surface area contributed by atoms with Crippen molar-refractivity contribution in [2.45, 2.75) is 44.8 Å². The summed E-state index contributed by atoms with van der Waals surface area (Å²) in [5.41, 5.74) is 2.40. The van der Waals surface area contributed by atoms with E-state index in [2.05, 4.69) is 10.3 Å². The molecule has 3 heterocycles. The molecule has 0 bridgehead atoms. The molecule has 0 unspecified atom stereocenters. The second-order valence-corrected chi connectivity index (χ2v) is 7.82. The fourth-order valence-corrected chi connectivity index (χ4v) is 3.93. The van der Waals surface area contributed by atoms with Crippen molar-refractivity contribution in [3.8, 4) is 5.75 Å². The predicted octanol–water partition coefficient (Wildman–Crippen LogP) is 2.22. The molecule has 164 valence electrons. The third kappa shape index (κ3) is 4.60. The summed E-state index contributed by atoms with van der Waals surface area (Å²) in [6.07, 6.45) is 0.921. The fourth-order valence-electron chi connectivity index (χ4n) is 3.93. The van der Waals surface area contributed by atoms with Crippen molar-refractivity contribution >= 4 is 11.7 Å². The van der Waals surface area contributed by atoms with E-state index in [0.717, 1.165) is 5.56 Å². The van der Waals surface area contributed by atoms with E-state index in [4.69, 9.17) is 9.47 Å². The van der Waals surface area contributed by atoms with Gasteiger partial charge in [-0.15, -0.1) is 0 Å². The fraction of sp³-hybridized carbons (Fsp3) is 0.435. The first-order chi connectivity index (χ1) is 15.0. The molecule has 2 aromatic rings. The van der Waals surface area contributed by atoms with E-state index in [0.29, 0.717) is 49.5 Å². The molecule has 2 aliphatic heterocycles. The van der Waals surface area contributed by atoms with Crippen molar-refractivity contribution in [2.24, 2.45) is 0 Å². The Kier molecular flexibility index (Phi) is 6.29. The lowest BCUT2D eigenvalue weighted by atomic mass is 9.99. The number of rotatable bonds is 6. The van der Waals surface area contributed by atoms with Crippen LogP contribution in [0, 0.1) is 5.82 Å². The topological polar surface area (TPSA) is 97.8 Å². The first-order valence-electron chi connectivity index (χ1n) is 10.5. The van der Waals surface area contributed by atoms with Crippen LogP contribution in [0.2, 0.25) is 0 Å². The number of ketones is 1. The Labute approximate surface area is 179 Å². The first-order valence-corrected chi connectivity index (χ1v) is 10.5. The van der Waals surface area contributed by atoms with Crippen LogP contribution >= 0.6 is 0 Å². The number of amides is 1. The number of aliphatic hydroxyl groups excluding tert-OH is 1. The van der Waals surface area contributed by atoms with Crippen LogP contribution in [0.4, 0.5) is 4.39 Å². The zero-order chi connectivity index (χ0) is 22.0. The molecule has 0 saturated carbocycles. The van der Waals surface area contributed by atoms with E-state index in [-0.39, 0.29) is 36.0 Å². The standard InChI is InChI=1S/C23H25FN2O5/c1-2-20(27)15-4-3-13(10-16(15)24)9-14-11-19(25-18-6-8-31-22(14)18)23(29)26-17-5-7-30-12-21(17)28/h3-4,10-11,17,21,28H,2,5-9,12H2,1H3,(H,26,29)/t17-,21-/m0/s1. The highest BCUT2D eigenvalue weighted by Crippen LogP contribution is 2.31. The molecule has 2 aliphatic rings. The summed E-state index contributed by atoms with van der Waals surface area (Å²) in [4.78, 5) is 29.1. The summed E-state index contributed by atoms with van der Waals surface area (Å²) in [6.45, 7) is 2.82. The van der Waals surface area contributed by atoms with Crippen molar-refractivity contribution in [2.75, 3.05) is 19.8 Å². The van der Waals surface area contributed by atoms with Crippen LogP contribution in [-0.2, 0) is 17.6 Å². The molecular formula is C23H25FN2O5. The van der Waals surface area contributed by atoms with Crippen molar-refractivity contribution < 1.29 is 28.6 Å². The molecule has 0 aliphatic carbocycles. The van der Waals surface area contributed by atoms with Crippen LogP contribution in [-0.4, -0.2) is 53.7 Å². The van der Waals surface area contributed by atoms with E-state index in [1.165, 1.54) is 12.1 Å². The zero-order valence-corrected chi connectivity index (χ0v) is 17.3. The Morgan fingerprint density at radius 1 is 1.29 bits per heavy atom. The highest BCUT2D eigenvalue weighted by Gasteiger charge is 2.28. The Bertz CT molecular complexity index is 1010. The summed E-state index contributed by atoms with van der Waals surface area (Å²) >= 11 is 0. The molecule has 0 spiro atoms. The van der Waals surface area contributed by atoms with Gasteiger partial charge >= 0.3 is 0 Å². The number of Topliss-reactive ketones (excluding diaryl/α,β-unsaturated/α-hetero) is 1. The van der Waals surface area contributed by atoms with Crippen LogP contribution in [0.1, 0.15) is 57.4 Å². The molecule has 0 radical (unpaired) electrons. The summed E-state index contributed by atoms with van der Waals surface area (Å²) in [7, 11) is 0. The average Bonchev–Trinajstić information content (AvgIpc) is 3.24. The minimum absolute atomic E-state index is 0.0811. The molecule has 8 heteroatoms. The first kappa shape index (κ1) is 21.4. The molecule has 1 amide bonds. The van der Waals surface area contributed by atoms with Gasteiger partial charge in [0.1, 0.15) is 17.3 Å². The number of hydrogen-bond acceptors (Lipinski definition) is 6. The highest BCUT2D eigenvalue weighted by molar-refractivity contribution is 5.96. The lowest BCUT2D eigenvalue weighted by Gasteiger charge is -2.28. The quantitative estimate of drug-likeness (QED) is 0.685. The van der Waals surface area contributed by atoms with Crippen molar-refractivity contribution in [1.82, 2.24) is 10.3 Å². The Morgan fingerprint density at radius 2 is 2.13 bits per heavy atom. The lowest BCUT2D eigenvalue weighted by molar-refractivity contribution is -0.0261. The second kappa shape index (κ2) is 9.11. The number of halogens is 1. The number of ether oxygens (including phenoxy) is 2.